The number of hydrogen-bond donors (Lipinski definition) is 1. The van der Waals surface area contributed by atoms with Gasteiger partial charge in [-0.2, -0.15) is 0 Å². The van der Waals surface area contributed by atoms with Crippen LogP contribution in [0.3, 0.4) is 0 Å². The Labute approximate surface area is 194 Å². The maximum atomic E-state index is 5.96. The third-order valence-electron chi connectivity index (χ3n) is 5.73. The summed E-state index contributed by atoms with van der Waals surface area (Å²) in [6.45, 7) is 11.5. The van der Waals surface area contributed by atoms with E-state index >= 15 is 0 Å². The summed E-state index contributed by atoms with van der Waals surface area (Å²) in [5, 5.41) is 3.48. The van der Waals surface area contributed by atoms with Crippen molar-refractivity contribution in [3.8, 4) is 0 Å². The van der Waals surface area contributed by atoms with E-state index in [1.54, 1.807) is 0 Å². The Morgan fingerprint density at radius 3 is 2.69 bits per heavy atom. The molecule has 1 atom stereocenters. The van der Waals surface area contributed by atoms with Gasteiger partial charge < -0.3 is 19.9 Å². The average molecular weight is 514 g/mol. The Hall–Kier alpha value is -0.860. The lowest BCUT2D eigenvalue weighted by molar-refractivity contribution is 0.0907. The summed E-state index contributed by atoms with van der Waals surface area (Å²) >= 11 is 0. The van der Waals surface area contributed by atoms with Gasteiger partial charge in [-0.25, -0.2) is 0 Å². The van der Waals surface area contributed by atoms with Crippen LogP contribution >= 0.6 is 24.0 Å². The van der Waals surface area contributed by atoms with Gasteiger partial charge in [0.1, 0.15) is 0 Å². The first-order valence-electron chi connectivity index (χ1n) is 11.2. The van der Waals surface area contributed by atoms with Crippen molar-refractivity contribution in [3.63, 3.8) is 0 Å². The summed E-state index contributed by atoms with van der Waals surface area (Å²) in [5.41, 5.74) is 1.25. The SMILES string of the molecule is CCNC(=NCCCCN1CCCC1)N1CCC(COCc2ccccc2)C1.I. The Morgan fingerprint density at radius 1 is 1.14 bits per heavy atom. The summed E-state index contributed by atoms with van der Waals surface area (Å²) in [6, 6.07) is 10.4. The first-order valence-corrected chi connectivity index (χ1v) is 11.2. The third kappa shape index (κ3) is 8.80. The van der Waals surface area contributed by atoms with Crippen LogP contribution in [0.1, 0.15) is 44.6 Å². The van der Waals surface area contributed by atoms with E-state index in [4.69, 9.17) is 9.73 Å². The largest absolute Gasteiger partial charge is 0.376 e. The number of rotatable bonds is 10. The van der Waals surface area contributed by atoms with Crippen LogP contribution in [0.4, 0.5) is 0 Å². The van der Waals surface area contributed by atoms with Crippen molar-refractivity contribution in [2.45, 2.75) is 45.6 Å². The van der Waals surface area contributed by atoms with Crippen molar-refractivity contribution >= 4 is 29.9 Å². The molecule has 2 heterocycles. The van der Waals surface area contributed by atoms with Crippen LogP contribution in [0.15, 0.2) is 35.3 Å². The number of hydrogen-bond acceptors (Lipinski definition) is 3. The van der Waals surface area contributed by atoms with Gasteiger partial charge in [-0.3, -0.25) is 4.99 Å². The minimum atomic E-state index is 0. The lowest BCUT2D eigenvalue weighted by Crippen LogP contribution is -2.40. The normalized spacial score (nSPS) is 20.1. The number of guanidine groups is 1. The highest BCUT2D eigenvalue weighted by Crippen LogP contribution is 2.17. The molecule has 0 aromatic heterocycles. The van der Waals surface area contributed by atoms with Crippen molar-refractivity contribution < 1.29 is 4.74 Å². The van der Waals surface area contributed by atoms with Crippen LogP contribution in [0.2, 0.25) is 0 Å². The molecule has 0 spiro atoms. The van der Waals surface area contributed by atoms with Gasteiger partial charge in [-0.05, 0) is 64.2 Å². The summed E-state index contributed by atoms with van der Waals surface area (Å²) < 4.78 is 5.96. The molecule has 1 unspecified atom stereocenters. The Bertz CT molecular complexity index is 578. The van der Waals surface area contributed by atoms with Gasteiger partial charge in [0, 0.05) is 32.1 Å². The molecule has 3 rings (SSSR count). The average Bonchev–Trinajstić information content (AvgIpc) is 3.40. The third-order valence-corrected chi connectivity index (χ3v) is 5.73. The van der Waals surface area contributed by atoms with E-state index in [0.29, 0.717) is 12.5 Å². The fraction of sp³-hybridized carbons (Fsp3) is 0.696. The van der Waals surface area contributed by atoms with Gasteiger partial charge in [0.05, 0.1) is 13.2 Å². The van der Waals surface area contributed by atoms with Gasteiger partial charge in [0.25, 0.3) is 0 Å². The van der Waals surface area contributed by atoms with Gasteiger partial charge in [-0.1, -0.05) is 30.3 Å². The molecule has 1 N–H and O–H groups in total. The van der Waals surface area contributed by atoms with Crippen LogP contribution in [-0.2, 0) is 11.3 Å². The molecule has 2 aliphatic heterocycles. The lowest BCUT2D eigenvalue weighted by Gasteiger charge is -2.22. The highest BCUT2D eigenvalue weighted by Gasteiger charge is 2.25. The molecular formula is C23H39IN4O. The van der Waals surface area contributed by atoms with Crippen LogP contribution in [-0.4, -0.2) is 68.2 Å². The zero-order chi connectivity index (χ0) is 19.4. The molecule has 0 aliphatic carbocycles. The topological polar surface area (TPSA) is 40.1 Å². The van der Waals surface area contributed by atoms with E-state index in [1.807, 2.05) is 6.07 Å². The number of benzene rings is 1. The summed E-state index contributed by atoms with van der Waals surface area (Å²) in [5.74, 6) is 1.69. The molecule has 1 aromatic rings. The van der Waals surface area contributed by atoms with E-state index in [1.165, 1.54) is 57.3 Å². The van der Waals surface area contributed by atoms with Crippen molar-refractivity contribution in [2.75, 3.05) is 52.4 Å². The van der Waals surface area contributed by atoms with Crippen molar-refractivity contribution in [3.05, 3.63) is 35.9 Å². The molecule has 0 radical (unpaired) electrons. The van der Waals surface area contributed by atoms with Gasteiger partial charge in [-0.15, -0.1) is 24.0 Å². The molecule has 2 aliphatic rings. The number of aliphatic imine (C=N–C) groups is 1. The number of nitrogens with one attached hydrogen (secondary N) is 1. The van der Waals surface area contributed by atoms with Gasteiger partial charge in [0.2, 0.25) is 0 Å². The second-order valence-corrected chi connectivity index (χ2v) is 8.09. The summed E-state index contributed by atoms with van der Waals surface area (Å²) in [4.78, 5) is 9.90. The number of halogens is 1. The summed E-state index contributed by atoms with van der Waals surface area (Å²) in [6.07, 6.45) is 6.40. The molecule has 1 aromatic carbocycles. The zero-order valence-electron chi connectivity index (χ0n) is 18.0. The van der Waals surface area contributed by atoms with Crippen LogP contribution < -0.4 is 5.32 Å². The Morgan fingerprint density at radius 2 is 1.93 bits per heavy atom. The lowest BCUT2D eigenvalue weighted by atomic mass is 10.1. The Kier molecular flexibility index (Phi) is 12.0. The molecule has 0 bridgehead atoms. The van der Waals surface area contributed by atoms with E-state index in [9.17, 15) is 0 Å². The second kappa shape index (κ2) is 14.2. The minimum Gasteiger partial charge on any atom is -0.376 e. The van der Waals surface area contributed by atoms with Crippen LogP contribution in [0, 0.1) is 5.92 Å². The van der Waals surface area contributed by atoms with E-state index in [0.717, 1.165) is 38.7 Å². The molecule has 0 saturated carbocycles. The van der Waals surface area contributed by atoms with Crippen LogP contribution in [0.5, 0.6) is 0 Å². The molecular weight excluding hydrogens is 475 g/mol. The molecule has 164 valence electrons. The van der Waals surface area contributed by atoms with Crippen molar-refractivity contribution in [2.24, 2.45) is 10.9 Å². The number of unbranched alkanes of at least 4 members (excludes halogenated alkanes) is 1. The smallest absolute Gasteiger partial charge is 0.193 e. The highest BCUT2D eigenvalue weighted by atomic mass is 127. The van der Waals surface area contributed by atoms with Crippen molar-refractivity contribution in [1.29, 1.82) is 0 Å². The van der Waals surface area contributed by atoms with Crippen LogP contribution in [0.25, 0.3) is 0 Å². The van der Waals surface area contributed by atoms with E-state index in [-0.39, 0.29) is 24.0 Å². The van der Waals surface area contributed by atoms with E-state index < -0.39 is 0 Å². The van der Waals surface area contributed by atoms with E-state index in [2.05, 4.69) is 46.3 Å². The minimum absolute atomic E-state index is 0. The molecule has 0 amide bonds. The monoisotopic (exact) mass is 514 g/mol. The quantitative estimate of drug-likeness (QED) is 0.222. The fourth-order valence-electron chi connectivity index (χ4n) is 4.14. The fourth-order valence-corrected chi connectivity index (χ4v) is 4.14. The predicted octanol–water partition coefficient (Wildman–Crippen LogP) is 3.98. The van der Waals surface area contributed by atoms with Crippen molar-refractivity contribution in [1.82, 2.24) is 15.1 Å². The summed E-state index contributed by atoms with van der Waals surface area (Å²) in [7, 11) is 0. The number of nitrogens with zero attached hydrogens (tertiary/aromatic N) is 3. The first kappa shape index (κ1) is 24.4. The maximum absolute atomic E-state index is 5.96. The molecule has 2 fully saturated rings. The van der Waals surface area contributed by atoms with Gasteiger partial charge >= 0.3 is 0 Å². The second-order valence-electron chi connectivity index (χ2n) is 8.09. The zero-order valence-corrected chi connectivity index (χ0v) is 20.4. The molecule has 6 heteroatoms. The van der Waals surface area contributed by atoms with Gasteiger partial charge in [0.15, 0.2) is 5.96 Å². The first-order chi connectivity index (χ1) is 13.8. The number of ether oxygens (including phenoxy) is 1. The maximum Gasteiger partial charge on any atom is 0.193 e. The Balaban J connectivity index is 0.00000300. The molecule has 2 saturated heterocycles. The highest BCUT2D eigenvalue weighted by molar-refractivity contribution is 14.0. The molecule has 5 nitrogen and oxygen atoms in total. The predicted molar refractivity (Wildman–Crippen MR) is 132 cm³/mol. The number of likely N-dealkylation sites (tertiary alicyclic amines) is 2. The standard InChI is InChI=1S/C23H38N4O.HI/c1-2-24-23(25-13-6-7-14-26-15-8-9-16-26)27-17-12-22(18-27)20-28-19-21-10-4-3-5-11-21;/h3-5,10-11,22H,2,6-9,12-20H2,1H3,(H,24,25);1H. The molecule has 29 heavy (non-hydrogen) atoms.